The van der Waals surface area contributed by atoms with Gasteiger partial charge in [0.2, 0.25) is 0 Å². The molecule has 94 valence electrons. The highest BCUT2D eigenvalue weighted by Crippen LogP contribution is 2.25. The van der Waals surface area contributed by atoms with Crippen molar-refractivity contribution in [2.45, 2.75) is 19.4 Å². The molecule has 1 N–H and O–H groups in total. The maximum absolute atomic E-state index is 11.5. The summed E-state index contributed by atoms with van der Waals surface area (Å²) >= 11 is 0. The minimum Gasteiger partial charge on any atom is -0.491 e. The predicted molar refractivity (Wildman–Crippen MR) is 71.0 cm³/mol. The van der Waals surface area contributed by atoms with E-state index in [1.165, 1.54) is 7.11 Å². The van der Waals surface area contributed by atoms with Gasteiger partial charge < -0.3 is 10.1 Å². The maximum atomic E-state index is 11.5. The van der Waals surface area contributed by atoms with E-state index >= 15 is 0 Å². The fraction of sp³-hybridized carbons (Fsp3) is 0.286. The van der Waals surface area contributed by atoms with Crippen LogP contribution in [0.25, 0.3) is 0 Å². The number of nitrogens with one attached hydrogen (secondary N) is 1. The van der Waals surface area contributed by atoms with E-state index in [-0.39, 0.29) is 11.8 Å². The van der Waals surface area contributed by atoms with Gasteiger partial charge in [-0.05, 0) is 12.0 Å². The summed E-state index contributed by atoms with van der Waals surface area (Å²) in [7, 11) is 1.39. The van der Waals surface area contributed by atoms with Crippen LogP contribution in [0.15, 0.2) is 39.9 Å². The number of hydrogen-bond donors (Lipinski definition) is 1. The monoisotopic (exact) mass is 245 g/mol. The van der Waals surface area contributed by atoms with Crippen molar-refractivity contribution in [3.63, 3.8) is 0 Å². The number of benzene rings is 1. The van der Waals surface area contributed by atoms with Crippen molar-refractivity contribution in [2.75, 3.05) is 12.4 Å². The molecule has 2 rings (SSSR count). The van der Waals surface area contributed by atoms with E-state index in [1.807, 2.05) is 37.3 Å². The molecule has 4 heteroatoms. The van der Waals surface area contributed by atoms with E-state index in [4.69, 9.17) is 4.74 Å². The Morgan fingerprint density at radius 3 is 2.39 bits per heavy atom. The molecule has 0 heterocycles. The Morgan fingerprint density at radius 1 is 1.17 bits per heavy atom. The molecule has 2 aromatic carbocycles. The second-order valence-electron chi connectivity index (χ2n) is 4.08. The minimum atomic E-state index is -0.553. The summed E-state index contributed by atoms with van der Waals surface area (Å²) in [5.74, 6) is 0.134. The molecule has 0 saturated carbocycles. The molecule has 0 amide bonds. The molecule has 0 aliphatic carbocycles. The smallest absolute Gasteiger partial charge is 0.271 e. The van der Waals surface area contributed by atoms with Gasteiger partial charge in [0.15, 0.2) is 5.75 Å². The first kappa shape index (κ1) is 12.4. The van der Waals surface area contributed by atoms with Gasteiger partial charge in [0.25, 0.3) is 10.9 Å². The largest absolute Gasteiger partial charge is 0.491 e. The Labute approximate surface area is 105 Å². The highest BCUT2D eigenvalue weighted by atomic mass is 16.5. The van der Waals surface area contributed by atoms with Crippen molar-refractivity contribution in [3.05, 3.63) is 56.3 Å². The van der Waals surface area contributed by atoms with Crippen molar-refractivity contribution in [1.82, 2.24) is 0 Å². The van der Waals surface area contributed by atoms with Crippen molar-refractivity contribution >= 4 is 5.69 Å². The quantitative estimate of drug-likeness (QED) is 0.817. The molecule has 0 fully saturated rings. The zero-order chi connectivity index (χ0) is 13.1. The summed E-state index contributed by atoms with van der Waals surface area (Å²) in [6.07, 6.45) is 0.811. The minimum absolute atomic E-state index is 0.00315. The molecule has 0 aliphatic heterocycles. The van der Waals surface area contributed by atoms with Crippen LogP contribution < -0.4 is 20.9 Å². The lowest BCUT2D eigenvalue weighted by Crippen LogP contribution is -2.36. The number of ether oxygens (including phenoxy) is 1. The highest BCUT2D eigenvalue weighted by Gasteiger charge is 2.23. The van der Waals surface area contributed by atoms with Crippen molar-refractivity contribution in [3.8, 4) is 5.75 Å². The predicted octanol–water partition coefficient (Wildman–Crippen LogP) is 1.85. The van der Waals surface area contributed by atoms with Crippen LogP contribution in [0.3, 0.4) is 0 Å². The van der Waals surface area contributed by atoms with Crippen LogP contribution in [0.2, 0.25) is 0 Å². The number of hydrogen-bond acceptors (Lipinski definition) is 4. The van der Waals surface area contributed by atoms with E-state index in [9.17, 15) is 9.59 Å². The Morgan fingerprint density at radius 2 is 1.83 bits per heavy atom. The molecule has 0 radical (unpaired) electrons. The molecule has 0 bridgehead atoms. The molecule has 0 spiro atoms. The zero-order valence-corrected chi connectivity index (χ0v) is 10.4. The summed E-state index contributed by atoms with van der Waals surface area (Å²) < 4.78 is 4.91. The lowest BCUT2D eigenvalue weighted by Gasteiger charge is -2.20. The molecule has 2 aromatic rings. The van der Waals surface area contributed by atoms with Crippen LogP contribution in [0.5, 0.6) is 5.75 Å². The maximum Gasteiger partial charge on any atom is 0.271 e. The van der Waals surface area contributed by atoms with Gasteiger partial charge >= 0.3 is 0 Å². The standard InChI is InChI=1S/C14H15NO3/c1-3-10(9-7-5-4-6-8-9)15-11-12(16)13(17)14(11)18-2/h4-8,10,15H,3H2,1-2H3/t10-/m1/s1. The Kier molecular flexibility index (Phi) is 3.46. The van der Waals surface area contributed by atoms with Gasteiger partial charge in [-0.15, -0.1) is 0 Å². The second-order valence-corrected chi connectivity index (χ2v) is 4.08. The summed E-state index contributed by atoms with van der Waals surface area (Å²) in [5, 5.41) is 3.08. The molecule has 0 aromatic heterocycles. The molecule has 0 saturated heterocycles. The Hall–Kier alpha value is -2.10. The van der Waals surface area contributed by atoms with Crippen molar-refractivity contribution in [2.24, 2.45) is 0 Å². The molecular weight excluding hydrogens is 230 g/mol. The van der Waals surface area contributed by atoms with Crippen molar-refractivity contribution in [1.29, 1.82) is 0 Å². The third kappa shape index (κ3) is 2.01. The van der Waals surface area contributed by atoms with Gasteiger partial charge in [-0.3, -0.25) is 9.59 Å². The molecule has 4 nitrogen and oxygen atoms in total. The third-order valence-corrected chi connectivity index (χ3v) is 3.00. The highest BCUT2D eigenvalue weighted by molar-refractivity contribution is 5.62. The fourth-order valence-corrected chi connectivity index (χ4v) is 1.98. The van der Waals surface area contributed by atoms with Gasteiger partial charge in [-0.25, -0.2) is 0 Å². The molecule has 0 aliphatic rings. The number of rotatable bonds is 5. The van der Waals surface area contributed by atoms with E-state index in [1.54, 1.807) is 0 Å². The molecule has 18 heavy (non-hydrogen) atoms. The second kappa shape index (κ2) is 5.04. The van der Waals surface area contributed by atoms with E-state index in [2.05, 4.69) is 5.32 Å². The number of anilines is 1. The summed E-state index contributed by atoms with van der Waals surface area (Å²) in [5.41, 5.74) is 0.317. The topological polar surface area (TPSA) is 55.4 Å². The Balaban J connectivity index is 2.25. The Bertz CT molecular complexity index is 597. The lowest BCUT2D eigenvalue weighted by atomic mass is 10.0. The summed E-state index contributed by atoms with van der Waals surface area (Å²) in [4.78, 5) is 22.7. The van der Waals surface area contributed by atoms with Gasteiger partial charge in [0.05, 0.1) is 13.2 Å². The normalized spacial score (nSPS) is 12.3. The van der Waals surface area contributed by atoms with Crippen LogP contribution in [0, 0.1) is 0 Å². The average molecular weight is 245 g/mol. The van der Waals surface area contributed by atoms with Crippen LogP contribution in [0.1, 0.15) is 24.9 Å². The van der Waals surface area contributed by atoms with Gasteiger partial charge in [-0.1, -0.05) is 37.3 Å². The van der Waals surface area contributed by atoms with E-state index in [0.717, 1.165) is 12.0 Å². The van der Waals surface area contributed by atoms with Crippen LogP contribution >= 0.6 is 0 Å². The summed E-state index contributed by atoms with van der Waals surface area (Å²) in [6.45, 7) is 2.02. The van der Waals surface area contributed by atoms with Gasteiger partial charge in [0, 0.05) is 0 Å². The van der Waals surface area contributed by atoms with Crippen LogP contribution in [-0.2, 0) is 0 Å². The zero-order valence-electron chi connectivity index (χ0n) is 10.4. The molecule has 1 atom stereocenters. The van der Waals surface area contributed by atoms with Gasteiger partial charge in [0.1, 0.15) is 5.69 Å². The first-order chi connectivity index (χ1) is 8.69. The van der Waals surface area contributed by atoms with E-state index < -0.39 is 10.9 Å². The van der Waals surface area contributed by atoms with Gasteiger partial charge in [-0.2, -0.15) is 0 Å². The number of methoxy groups -OCH3 is 1. The fourth-order valence-electron chi connectivity index (χ4n) is 1.98. The average Bonchev–Trinajstić information content (AvgIpc) is 2.43. The molecular formula is C14H15NO3. The third-order valence-electron chi connectivity index (χ3n) is 3.00. The first-order valence-corrected chi connectivity index (χ1v) is 5.87. The van der Waals surface area contributed by atoms with Crippen LogP contribution in [-0.4, -0.2) is 7.11 Å². The molecule has 0 unspecified atom stereocenters. The van der Waals surface area contributed by atoms with Crippen LogP contribution in [0.4, 0.5) is 5.69 Å². The van der Waals surface area contributed by atoms with E-state index in [0.29, 0.717) is 5.69 Å². The SMILES string of the molecule is CC[C@@H](Nc1c(OC)c(=O)c1=O)c1ccccc1. The lowest BCUT2D eigenvalue weighted by molar-refractivity contribution is 0.407. The first-order valence-electron chi connectivity index (χ1n) is 5.87. The van der Waals surface area contributed by atoms with Crippen molar-refractivity contribution < 1.29 is 4.74 Å². The summed E-state index contributed by atoms with van der Waals surface area (Å²) in [6, 6.07) is 9.80.